The van der Waals surface area contributed by atoms with Crippen molar-refractivity contribution in [3.63, 3.8) is 0 Å². The fourth-order valence-electron chi connectivity index (χ4n) is 1.60. The van der Waals surface area contributed by atoms with E-state index in [1.54, 1.807) is 6.08 Å². The zero-order chi connectivity index (χ0) is 13.5. The second-order valence-corrected chi connectivity index (χ2v) is 4.08. The van der Waals surface area contributed by atoms with Crippen LogP contribution in [-0.2, 0) is 9.59 Å². The van der Waals surface area contributed by atoms with E-state index in [-0.39, 0.29) is 18.2 Å². The number of nitrogens with one attached hydrogen (secondary N) is 1. The average Bonchev–Trinajstić information content (AvgIpc) is 2.36. The maximum atomic E-state index is 11.7. The Balaban J connectivity index is 2.62. The number of benzene rings is 1. The molecular formula is C14H17NO3. The number of carbonyl (C=O) groups excluding carboxylic acids is 1. The molecule has 0 radical (unpaired) electrons. The van der Waals surface area contributed by atoms with Crippen LogP contribution in [0.4, 0.5) is 0 Å². The van der Waals surface area contributed by atoms with Crippen molar-refractivity contribution in [3.05, 3.63) is 48.6 Å². The van der Waals surface area contributed by atoms with E-state index in [0.717, 1.165) is 5.56 Å². The first-order chi connectivity index (χ1) is 8.54. The van der Waals surface area contributed by atoms with Crippen molar-refractivity contribution in [2.45, 2.75) is 25.3 Å². The minimum absolute atomic E-state index is 0.104. The maximum absolute atomic E-state index is 11.7. The summed E-state index contributed by atoms with van der Waals surface area (Å²) < 4.78 is 0. The number of amides is 1. The van der Waals surface area contributed by atoms with Crippen molar-refractivity contribution in [1.82, 2.24) is 5.32 Å². The lowest BCUT2D eigenvalue weighted by Crippen LogP contribution is -2.38. The fraction of sp³-hybridized carbons (Fsp3) is 0.286. The molecule has 1 rings (SSSR count). The van der Waals surface area contributed by atoms with Crippen molar-refractivity contribution >= 4 is 11.9 Å². The summed E-state index contributed by atoms with van der Waals surface area (Å²) in [6.45, 7) is 5.14. The molecule has 0 aliphatic rings. The van der Waals surface area contributed by atoms with Crippen molar-refractivity contribution in [1.29, 1.82) is 0 Å². The largest absolute Gasteiger partial charge is 0.480 e. The Morgan fingerprint density at radius 1 is 1.39 bits per heavy atom. The summed E-state index contributed by atoms with van der Waals surface area (Å²) >= 11 is 0. The second-order valence-electron chi connectivity index (χ2n) is 4.08. The average molecular weight is 247 g/mol. The molecule has 4 heteroatoms. The second kappa shape index (κ2) is 6.59. The Morgan fingerprint density at radius 2 is 2.00 bits per heavy atom. The van der Waals surface area contributed by atoms with Crippen molar-refractivity contribution in [2.24, 2.45) is 0 Å². The van der Waals surface area contributed by atoms with Crippen molar-refractivity contribution in [3.8, 4) is 0 Å². The molecule has 0 bridgehead atoms. The summed E-state index contributed by atoms with van der Waals surface area (Å²) in [6, 6.07) is 8.64. The summed E-state index contributed by atoms with van der Waals surface area (Å²) in [6.07, 6.45) is 1.89. The number of allylic oxidation sites excluding steroid dienone is 1. The maximum Gasteiger partial charge on any atom is 0.325 e. The third kappa shape index (κ3) is 4.05. The van der Waals surface area contributed by atoms with Crippen molar-refractivity contribution < 1.29 is 14.7 Å². The van der Waals surface area contributed by atoms with Crippen molar-refractivity contribution in [2.75, 3.05) is 0 Å². The van der Waals surface area contributed by atoms with Gasteiger partial charge in [0, 0.05) is 12.3 Å². The number of hydrogen-bond acceptors (Lipinski definition) is 2. The molecule has 18 heavy (non-hydrogen) atoms. The summed E-state index contributed by atoms with van der Waals surface area (Å²) in [7, 11) is 0. The van der Waals surface area contributed by atoms with Crippen LogP contribution < -0.4 is 5.32 Å². The van der Waals surface area contributed by atoms with Gasteiger partial charge in [0.05, 0.1) is 0 Å². The monoisotopic (exact) mass is 247 g/mol. The van der Waals surface area contributed by atoms with Gasteiger partial charge in [0.2, 0.25) is 5.91 Å². The van der Waals surface area contributed by atoms with Gasteiger partial charge in [0.1, 0.15) is 6.04 Å². The van der Waals surface area contributed by atoms with E-state index in [4.69, 9.17) is 5.11 Å². The van der Waals surface area contributed by atoms with Gasteiger partial charge in [-0.25, -0.2) is 0 Å². The summed E-state index contributed by atoms with van der Waals surface area (Å²) in [4.78, 5) is 22.3. The Bertz CT molecular complexity index is 428. The normalized spacial score (nSPS) is 13.4. The van der Waals surface area contributed by atoms with Gasteiger partial charge in [-0.2, -0.15) is 0 Å². The number of carboxylic acid groups (broad SMARTS) is 1. The smallest absolute Gasteiger partial charge is 0.325 e. The molecular weight excluding hydrogens is 230 g/mol. The molecule has 0 fully saturated rings. The molecule has 2 unspecified atom stereocenters. The Morgan fingerprint density at radius 3 is 2.50 bits per heavy atom. The lowest BCUT2D eigenvalue weighted by molar-refractivity contribution is -0.141. The topological polar surface area (TPSA) is 66.4 Å². The zero-order valence-corrected chi connectivity index (χ0v) is 10.3. The highest BCUT2D eigenvalue weighted by atomic mass is 16.4. The first-order valence-corrected chi connectivity index (χ1v) is 5.74. The van der Waals surface area contributed by atoms with E-state index in [9.17, 15) is 9.59 Å². The van der Waals surface area contributed by atoms with E-state index in [0.29, 0.717) is 0 Å². The van der Waals surface area contributed by atoms with Crippen LogP contribution in [0, 0.1) is 0 Å². The van der Waals surface area contributed by atoms with Crippen LogP contribution in [0.1, 0.15) is 24.8 Å². The van der Waals surface area contributed by atoms with E-state index in [1.165, 1.54) is 6.92 Å². The first kappa shape index (κ1) is 14.0. The molecule has 4 nitrogen and oxygen atoms in total. The predicted octanol–water partition coefficient (Wildman–Crippen LogP) is 1.94. The van der Waals surface area contributed by atoms with E-state index < -0.39 is 12.0 Å². The molecule has 1 aromatic rings. The molecule has 0 heterocycles. The molecule has 0 spiro atoms. The lowest BCUT2D eigenvalue weighted by atomic mass is 9.95. The van der Waals surface area contributed by atoms with Crippen LogP contribution in [0.25, 0.3) is 0 Å². The highest BCUT2D eigenvalue weighted by Gasteiger charge is 2.17. The minimum atomic E-state index is -1.04. The molecule has 0 aromatic heterocycles. The van der Waals surface area contributed by atoms with Gasteiger partial charge in [-0.3, -0.25) is 9.59 Å². The molecule has 0 saturated heterocycles. The molecule has 96 valence electrons. The Kier molecular flexibility index (Phi) is 5.11. The summed E-state index contributed by atoms with van der Waals surface area (Å²) in [5.41, 5.74) is 0.991. The molecule has 0 aliphatic heterocycles. The van der Waals surface area contributed by atoms with Crippen LogP contribution in [0.15, 0.2) is 43.0 Å². The van der Waals surface area contributed by atoms with Crippen LogP contribution in [-0.4, -0.2) is 23.0 Å². The Hall–Kier alpha value is -2.10. The van der Waals surface area contributed by atoms with Gasteiger partial charge in [-0.1, -0.05) is 36.4 Å². The van der Waals surface area contributed by atoms with Crippen LogP contribution >= 0.6 is 0 Å². The van der Waals surface area contributed by atoms with E-state index in [2.05, 4.69) is 11.9 Å². The fourth-order valence-corrected chi connectivity index (χ4v) is 1.60. The number of carboxylic acids is 1. The van der Waals surface area contributed by atoms with Gasteiger partial charge in [-0.15, -0.1) is 6.58 Å². The highest BCUT2D eigenvalue weighted by molar-refractivity contribution is 5.83. The van der Waals surface area contributed by atoms with Crippen LogP contribution in [0.3, 0.4) is 0 Å². The number of carbonyl (C=O) groups is 2. The summed E-state index contributed by atoms with van der Waals surface area (Å²) in [5.74, 6) is -1.44. The van der Waals surface area contributed by atoms with Gasteiger partial charge in [0.25, 0.3) is 0 Å². The third-order valence-electron chi connectivity index (χ3n) is 2.67. The Labute approximate surface area is 106 Å². The summed E-state index contributed by atoms with van der Waals surface area (Å²) in [5, 5.41) is 11.1. The van der Waals surface area contributed by atoms with Gasteiger partial charge < -0.3 is 10.4 Å². The van der Waals surface area contributed by atoms with Gasteiger partial charge in [0.15, 0.2) is 0 Å². The first-order valence-electron chi connectivity index (χ1n) is 5.74. The minimum Gasteiger partial charge on any atom is -0.480 e. The van der Waals surface area contributed by atoms with E-state index in [1.807, 2.05) is 30.3 Å². The molecule has 1 amide bonds. The highest BCUT2D eigenvalue weighted by Crippen LogP contribution is 2.20. The molecule has 0 saturated carbocycles. The standard InChI is InChI=1S/C14H17NO3/c1-3-11(12-7-5-4-6-8-12)9-13(16)15-10(2)14(17)18/h3-8,10-11H,1,9H2,2H3,(H,15,16)(H,17,18). The predicted molar refractivity (Wildman–Crippen MR) is 69.2 cm³/mol. The SMILES string of the molecule is C=CC(CC(=O)NC(C)C(=O)O)c1ccccc1. The van der Waals surface area contributed by atoms with Gasteiger partial charge in [-0.05, 0) is 12.5 Å². The molecule has 0 aliphatic carbocycles. The molecule has 2 N–H and O–H groups in total. The van der Waals surface area contributed by atoms with Crippen LogP contribution in [0.5, 0.6) is 0 Å². The van der Waals surface area contributed by atoms with Crippen LogP contribution in [0.2, 0.25) is 0 Å². The number of aliphatic carboxylic acids is 1. The van der Waals surface area contributed by atoms with Gasteiger partial charge >= 0.3 is 5.97 Å². The number of hydrogen-bond donors (Lipinski definition) is 2. The lowest BCUT2D eigenvalue weighted by Gasteiger charge is -2.14. The number of rotatable bonds is 6. The molecule has 2 atom stereocenters. The van der Waals surface area contributed by atoms with E-state index >= 15 is 0 Å². The molecule has 1 aromatic carbocycles. The zero-order valence-electron chi connectivity index (χ0n) is 10.3. The quantitative estimate of drug-likeness (QED) is 0.755. The third-order valence-corrected chi connectivity index (χ3v) is 2.67.